The van der Waals surface area contributed by atoms with E-state index in [1.54, 1.807) is 19.1 Å². The number of nitriles is 2. The number of rotatable bonds is 5. The summed E-state index contributed by atoms with van der Waals surface area (Å²) < 4.78 is 5.11. The number of esters is 1. The van der Waals surface area contributed by atoms with Gasteiger partial charge >= 0.3 is 5.97 Å². The van der Waals surface area contributed by atoms with Crippen LogP contribution in [-0.2, 0) is 4.74 Å². The molecule has 22 heavy (non-hydrogen) atoms. The highest BCUT2D eigenvalue weighted by molar-refractivity contribution is 7.17. The molecule has 0 fully saturated rings. The molecule has 0 aliphatic rings. The Labute approximate surface area is 135 Å². The van der Waals surface area contributed by atoms with Gasteiger partial charge in [-0.1, -0.05) is 6.07 Å². The van der Waals surface area contributed by atoms with Gasteiger partial charge < -0.3 is 10.1 Å². The normalized spacial score (nSPS) is 9.41. The summed E-state index contributed by atoms with van der Waals surface area (Å²) in [5, 5.41) is 24.7. The minimum atomic E-state index is -0.432. The van der Waals surface area contributed by atoms with Crippen molar-refractivity contribution in [3.8, 4) is 22.6 Å². The van der Waals surface area contributed by atoms with E-state index < -0.39 is 5.97 Å². The molecule has 0 spiro atoms. The fourth-order valence-corrected chi connectivity index (χ4v) is 3.45. The second-order valence-corrected chi connectivity index (χ2v) is 5.80. The van der Waals surface area contributed by atoms with Gasteiger partial charge in [0.1, 0.15) is 28.3 Å². The summed E-state index contributed by atoms with van der Waals surface area (Å²) >= 11 is 2.85. The number of nitrogens with one attached hydrogen (secondary N) is 1. The van der Waals surface area contributed by atoms with Crippen molar-refractivity contribution in [3.63, 3.8) is 0 Å². The molecule has 0 amide bonds. The number of anilines is 1. The predicted molar refractivity (Wildman–Crippen MR) is 86.5 cm³/mol. The predicted octanol–water partition coefficient (Wildman–Crippen LogP) is 4.00. The van der Waals surface area contributed by atoms with E-state index in [4.69, 9.17) is 15.3 Å². The van der Waals surface area contributed by atoms with Crippen LogP contribution in [0.3, 0.4) is 0 Å². The number of carbonyl (C=O) groups excluding carboxylic acids is 1. The van der Waals surface area contributed by atoms with Gasteiger partial charge in [0.05, 0.1) is 6.61 Å². The number of hydrogen-bond donors (Lipinski definition) is 1. The summed E-state index contributed by atoms with van der Waals surface area (Å²) in [7, 11) is 0. The first kappa shape index (κ1) is 15.8. The quantitative estimate of drug-likeness (QED) is 0.662. The molecule has 2 rings (SSSR count). The average Bonchev–Trinajstić information content (AvgIpc) is 3.17. The Morgan fingerprint density at radius 2 is 2.18 bits per heavy atom. The third kappa shape index (κ3) is 3.34. The van der Waals surface area contributed by atoms with Crippen LogP contribution in [0.2, 0.25) is 0 Å². The summed E-state index contributed by atoms with van der Waals surface area (Å²) in [6.45, 7) is 2.01. The van der Waals surface area contributed by atoms with E-state index in [9.17, 15) is 4.79 Å². The van der Waals surface area contributed by atoms with Crippen LogP contribution in [0.1, 0.15) is 17.3 Å². The second-order valence-electron chi connectivity index (χ2n) is 3.98. The van der Waals surface area contributed by atoms with Gasteiger partial charge in [0.2, 0.25) is 0 Å². The number of ether oxygens (including phenoxy) is 1. The molecule has 2 heterocycles. The molecule has 0 atom stereocenters. The lowest BCUT2D eigenvalue weighted by molar-refractivity contribution is 0.0529. The average molecular weight is 329 g/mol. The molecule has 110 valence electrons. The number of allylic oxidation sites excluding steroid dienone is 1. The van der Waals surface area contributed by atoms with Crippen LogP contribution < -0.4 is 5.32 Å². The zero-order chi connectivity index (χ0) is 15.9. The third-order valence-electron chi connectivity index (χ3n) is 2.65. The Bertz CT molecular complexity index is 761. The van der Waals surface area contributed by atoms with Crippen molar-refractivity contribution in [1.82, 2.24) is 0 Å². The van der Waals surface area contributed by atoms with Crippen molar-refractivity contribution < 1.29 is 9.53 Å². The minimum absolute atomic E-state index is 0.0686. The van der Waals surface area contributed by atoms with E-state index in [2.05, 4.69) is 5.32 Å². The van der Waals surface area contributed by atoms with E-state index in [-0.39, 0.29) is 12.2 Å². The first-order chi connectivity index (χ1) is 10.7. The van der Waals surface area contributed by atoms with Crippen LogP contribution in [0.4, 0.5) is 5.00 Å². The monoisotopic (exact) mass is 329 g/mol. The van der Waals surface area contributed by atoms with Gasteiger partial charge in [-0.15, -0.1) is 22.7 Å². The molecular weight excluding hydrogens is 318 g/mol. The van der Waals surface area contributed by atoms with Crippen molar-refractivity contribution in [2.24, 2.45) is 0 Å². The minimum Gasteiger partial charge on any atom is -0.462 e. The Kier molecular flexibility index (Phi) is 5.31. The van der Waals surface area contributed by atoms with E-state index in [0.717, 1.165) is 10.4 Å². The number of hydrogen-bond acceptors (Lipinski definition) is 7. The Hall–Kier alpha value is -2.61. The summed E-state index contributed by atoms with van der Waals surface area (Å²) in [6.07, 6.45) is 1.28. The summed E-state index contributed by atoms with van der Waals surface area (Å²) in [5.41, 5.74) is 1.13. The van der Waals surface area contributed by atoms with Crippen molar-refractivity contribution in [2.75, 3.05) is 11.9 Å². The molecule has 5 nitrogen and oxygen atoms in total. The Morgan fingerprint density at radius 3 is 2.77 bits per heavy atom. The van der Waals surface area contributed by atoms with Gasteiger partial charge in [-0.3, -0.25) is 0 Å². The fraction of sp³-hybridized carbons (Fsp3) is 0.133. The largest absolute Gasteiger partial charge is 0.462 e. The molecule has 0 saturated carbocycles. The molecule has 2 aromatic rings. The van der Waals surface area contributed by atoms with E-state index in [1.807, 2.05) is 22.9 Å². The molecule has 7 heteroatoms. The molecule has 0 saturated heterocycles. The first-order valence-corrected chi connectivity index (χ1v) is 8.06. The molecule has 1 N–H and O–H groups in total. The van der Waals surface area contributed by atoms with E-state index in [0.29, 0.717) is 10.6 Å². The van der Waals surface area contributed by atoms with Gasteiger partial charge in [-0.05, 0) is 18.4 Å². The van der Waals surface area contributed by atoms with Crippen LogP contribution >= 0.6 is 22.7 Å². The van der Waals surface area contributed by atoms with Gasteiger partial charge in [-0.25, -0.2) is 4.79 Å². The van der Waals surface area contributed by atoms with Crippen LogP contribution in [0.15, 0.2) is 34.7 Å². The molecule has 0 aliphatic heterocycles. The molecule has 0 aliphatic carbocycles. The summed E-state index contributed by atoms with van der Waals surface area (Å²) in [6, 6.07) is 7.34. The lowest BCUT2D eigenvalue weighted by Crippen LogP contribution is -2.07. The summed E-state index contributed by atoms with van der Waals surface area (Å²) in [5.74, 6) is -0.432. The standard InChI is InChI=1S/C15H11N3O2S2/c1-2-20-15(19)13-11(12-4-3-5-21-12)9-22-14(13)18-8-10(6-16)7-17/h3-5,8-9,18H,2H2,1H3. The molecule has 0 aromatic carbocycles. The van der Waals surface area contributed by atoms with Crippen LogP contribution in [0.25, 0.3) is 10.4 Å². The topological polar surface area (TPSA) is 85.9 Å². The van der Waals surface area contributed by atoms with Crippen molar-refractivity contribution in [3.05, 3.63) is 40.2 Å². The number of thiophene rings is 2. The Balaban J connectivity index is 2.43. The number of nitrogens with zero attached hydrogens (tertiary/aromatic N) is 2. The zero-order valence-electron chi connectivity index (χ0n) is 11.6. The van der Waals surface area contributed by atoms with Gasteiger partial charge in [0, 0.05) is 22.0 Å². The molecule has 0 radical (unpaired) electrons. The summed E-state index contributed by atoms with van der Waals surface area (Å²) in [4.78, 5) is 13.2. The van der Waals surface area contributed by atoms with Crippen LogP contribution in [-0.4, -0.2) is 12.6 Å². The highest BCUT2D eigenvalue weighted by atomic mass is 32.1. The van der Waals surface area contributed by atoms with Crippen LogP contribution in [0.5, 0.6) is 0 Å². The first-order valence-electron chi connectivity index (χ1n) is 6.30. The fourth-order valence-electron chi connectivity index (χ4n) is 1.71. The molecule has 0 unspecified atom stereocenters. The highest BCUT2D eigenvalue weighted by Gasteiger charge is 2.21. The zero-order valence-corrected chi connectivity index (χ0v) is 13.3. The van der Waals surface area contributed by atoms with E-state index in [1.165, 1.54) is 28.9 Å². The van der Waals surface area contributed by atoms with Gasteiger partial charge in [0.15, 0.2) is 0 Å². The Morgan fingerprint density at radius 1 is 1.41 bits per heavy atom. The molecular formula is C15H11N3O2S2. The lowest BCUT2D eigenvalue weighted by Gasteiger charge is -2.06. The lowest BCUT2D eigenvalue weighted by atomic mass is 10.1. The highest BCUT2D eigenvalue weighted by Crippen LogP contribution is 2.38. The SMILES string of the molecule is CCOC(=O)c1c(-c2cccs2)csc1NC=C(C#N)C#N. The van der Waals surface area contributed by atoms with Crippen LogP contribution in [0, 0.1) is 22.7 Å². The van der Waals surface area contributed by atoms with Crippen molar-refractivity contribution >= 4 is 33.6 Å². The van der Waals surface area contributed by atoms with Crippen molar-refractivity contribution in [2.45, 2.75) is 6.92 Å². The number of carbonyl (C=O) groups is 1. The van der Waals surface area contributed by atoms with Crippen molar-refractivity contribution in [1.29, 1.82) is 10.5 Å². The van der Waals surface area contributed by atoms with E-state index >= 15 is 0 Å². The molecule has 2 aromatic heterocycles. The van der Waals surface area contributed by atoms with Gasteiger partial charge in [0.25, 0.3) is 0 Å². The maximum absolute atomic E-state index is 12.2. The third-order valence-corrected chi connectivity index (χ3v) is 4.46. The smallest absolute Gasteiger partial charge is 0.341 e. The van der Waals surface area contributed by atoms with Gasteiger partial charge in [-0.2, -0.15) is 10.5 Å². The molecule has 0 bridgehead atoms. The maximum Gasteiger partial charge on any atom is 0.341 e. The second kappa shape index (κ2) is 7.41. The maximum atomic E-state index is 12.2.